The summed E-state index contributed by atoms with van der Waals surface area (Å²) in [7, 11) is 0. The second-order valence-electron chi connectivity index (χ2n) is 2.83. The molecule has 1 aromatic rings. The fourth-order valence-electron chi connectivity index (χ4n) is 1.01. The third-order valence-electron chi connectivity index (χ3n) is 1.90. The van der Waals surface area contributed by atoms with Gasteiger partial charge in [0.25, 0.3) is 0 Å². The number of rotatable bonds is 2. The standard InChI is InChI=1S/C11H12O2/c1-3-8(2)9-5-4-6-10(12)11(13)7-9/h4-7H,2-3H2,1H3,(H,12,13). The lowest BCUT2D eigenvalue weighted by atomic mass is 10.1. The minimum absolute atomic E-state index is 0.227. The lowest BCUT2D eigenvalue weighted by Gasteiger charge is -1.96. The van der Waals surface area contributed by atoms with E-state index in [1.807, 2.05) is 6.92 Å². The molecule has 68 valence electrons. The Morgan fingerprint density at radius 1 is 1.54 bits per heavy atom. The fraction of sp³-hybridized carbons (Fsp3) is 0.182. The molecule has 0 spiro atoms. The number of hydrogen-bond acceptors (Lipinski definition) is 2. The number of aromatic hydroxyl groups is 1. The number of hydrogen-bond donors (Lipinski definition) is 1. The van der Waals surface area contributed by atoms with E-state index in [2.05, 4.69) is 6.58 Å². The molecule has 0 atom stereocenters. The summed E-state index contributed by atoms with van der Waals surface area (Å²) in [6.45, 7) is 5.79. The van der Waals surface area contributed by atoms with Crippen LogP contribution in [-0.4, -0.2) is 5.11 Å². The maximum Gasteiger partial charge on any atom is 0.220 e. The molecular formula is C11H12O2. The Balaban J connectivity index is 3.29. The van der Waals surface area contributed by atoms with Crippen molar-refractivity contribution in [2.75, 3.05) is 0 Å². The normalized spacial score (nSPS) is 9.62. The van der Waals surface area contributed by atoms with Crippen molar-refractivity contribution in [1.82, 2.24) is 0 Å². The van der Waals surface area contributed by atoms with Gasteiger partial charge in [0, 0.05) is 0 Å². The highest BCUT2D eigenvalue weighted by Gasteiger charge is 1.97. The Hall–Kier alpha value is -1.57. The van der Waals surface area contributed by atoms with Crippen LogP contribution in [0.25, 0.3) is 5.57 Å². The van der Waals surface area contributed by atoms with Crippen LogP contribution in [0.5, 0.6) is 5.75 Å². The molecule has 13 heavy (non-hydrogen) atoms. The van der Waals surface area contributed by atoms with Crippen molar-refractivity contribution in [2.24, 2.45) is 0 Å². The molecule has 0 amide bonds. The van der Waals surface area contributed by atoms with E-state index < -0.39 is 0 Å². The van der Waals surface area contributed by atoms with Crippen LogP contribution in [0.15, 0.2) is 35.6 Å². The fourth-order valence-corrected chi connectivity index (χ4v) is 1.01. The van der Waals surface area contributed by atoms with Gasteiger partial charge in [0.05, 0.1) is 0 Å². The summed E-state index contributed by atoms with van der Waals surface area (Å²) in [5, 5.41) is 9.12. The first-order chi connectivity index (χ1) is 6.15. The van der Waals surface area contributed by atoms with Crippen LogP contribution in [0.2, 0.25) is 0 Å². The van der Waals surface area contributed by atoms with Crippen LogP contribution in [-0.2, 0) is 0 Å². The van der Waals surface area contributed by atoms with E-state index in [0.29, 0.717) is 0 Å². The van der Waals surface area contributed by atoms with Crippen LogP contribution in [0.1, 0.15) is 18.9 Å². The highest BCUT2D eigenvalue weighted by Crippen LogP contribution is 2.13. The topological polar surface area (TPSA) is 37.3 Å². The molecule has 2 heteroatoms. The molecule has 0 saturated heterocycles. The van der Waals surface area contributed by atoms with Gasteiger partial charge in [-0.3, -0.25) is 4.79 Å². The van der Waals surface area contributed by atoms with Crippen molar-refractivity contribution in [3.8, 4) is 5.75 Å². The summed E-state index contributed by atoms with van der Waals surface area (Å²) in [5.74, 6) is -0.227. The summed E-state index contributed by atoms with van der Waals surface area (Å²) >= 11 is 0. The first-order valence-electron chi connectivity index (χ1n) is 4.16. The first-order valence-corrected chi connectivity index (χ1v) is 4.16. The quantitative estimate of drug-likeness (QED) is 0.749. The highest BCUT2D eigenvalue weighted by atomic mass is 16.3. The van der Waals surface area contributed by atoms with Crippen LogP contribution in [0.3, 0.4) is 0 Å². The van der Waals surface area contributed by atoms with Gasteiger partial charge in [-0.05, 0) is 29.7 Å². The number of allylic oxidation sites excluding steroid dienone is 1. The van der Waals surface area contributed by atoms with E-state index in [0.717, 1.165) is 17.6 Å². The van der Waals surface area contributed by atoms with Crippen molar-refractivity contribution in [3.05, 3.63) is 46.6 Å². The Morgan fingerprint density at radius 3 is 2.85 bits per heavy atom. The highest BCUT2D eigenvalue weighted by molar-refractivity contribution is 5.62. The van der Waals surface area contributed by atoms with Gasteiger partial charge in [0.2, 0.25) is 5.43 Å². The third-order valence-corrected chi connectivity index (χ3v) is 1.90. The maximum absolute atomic E-state index is 11.2. The molecule has 1 N–H and O–H groups in total. The van der Waals surface area contributed by atoms with Crippen molar-refractivity contribution in [3.63, 3.8) is 0 Å². The predicted octanol–water partition coefficient (Wildman–Crippen LogP) is 2.18. The molecule has 1 rings (SSSR count). The van der Waals surface area contributed by atoms with Gasteiger partial charge < -0.3 is 5.11 Å². The summed E-state index contributed by atoms with van der Waals surface area (Å²) in [4.78, 5) is 11.2. The van der Waals surface area contributed by atoms with Crippen LogP contribution >= 0.6 is 0 Å². The summed E-state index contributed by atoms with van der Waals surface area (Å²) in [6.07, 6.45) is 0.796. The Bertz CT molecular complexity index is 380. The summed E-state index contributed by atoms with van der Waals surface area (Å²) < 4.78 is 0. The Morgan fingerprint density at radius 2 is 2.23 bits per heavy atom. The van der Waals surface area contributed by atoms with Crippen LogP contribution in [0.4, 0.5) is 0 Å². The second kappa shape index (κ2) is 3.90. The third kappa shape index (κ3) is 2.18. The van der Waals surface area contributed by atoms with Crippen LogP contribution < -0.4 is 5.43 Å². The molecule has 0 aromatic heterocycles. The zero-order valence-electron chi connectivity index (χ0n) is 7.58. The van der Waals surface area contributed by atoms with Gasteiger partial charge in [0.15, 0.2) is 5.75 Å². The minimum Gasteiger partial charge on any atom is -0.504 e. The molecule has 0 radical (unpaired) electrons. The van der Waals surface area contributed by atoms with E-state index >= 15 is 0 Å². The van der Waals surface area contributed by atoms with Gasteiger partial charge in [-0.2, -0.15) is 0 Å². The molecule has 0 aliphatic carbocycles. The molecule has 1 aromatic carbocycles. The van der Waals surface area contributed by atoms with Crippen molar-refractivity contribution in [1.29, 1.82) is 0 Å². The zero-order chi connectivity index (χ0) is 9.84. The zero-order valence-corrected chi connectivity index (χ0v) is 7.58. The average molecular weight is 176 g/mol. The molecule has 0 aliphatic rings. The SMILES string of the molecule is C=C(CC)c1cccc(O)c(=O)c1. The molecule has 2 nitrogen and oxygen atoms in total. The second-order valence-corrected chi connectivity index (χ2v) is 2.83. The van der Waals surface area contributed by atoms with Crippen molar-refractivity contribution < 1.29 is 5.11 Å². The minimum atomic E-state index is -0.366. The summed E-state index contributed by atoms with van der Waals surface area (Å²) in [5.41, 5.74) is 1.31. The molecule has 0 aliphatic heterocycles. The first kappa shape index (κ1) is 9.52. The monoisotopic (exact) mass is 176 g/mol. The molecule has 0 fully saturated rings. The summed E-state index contributed by atoms with van der Waals surface area (Å²) in [6, 6.07) is 6.20. The smallest absolute Gasteiger partial charge is 0.220 e. The Labute approximate surface area is 77.2 Å². The molecule has 0 saturated carbocycles. The molecular weight excluding hydrogens is 164 g/mol. The van der Waals surface area contributed by atoms with E-state index in [9.17, 15) is 4.79 Å². The van der Waals surface area contributed by atoms with Gasteiger partial charge in [-0.25, -0.2) is 0 Å². The average Bonchev–Trinajstić information content (AvgIpc) is 2.28. The van der Waals surface area contributed by atoms with Gasteiger partial charge in [-0.1, -0.05) is 25.6 Å². The van der Waals surface area contributed by atoms with E-state index in [1.54, 1.807) is 12.1 Å². The van der Waals surface area contributed by atoms with Gasteiger partial charge in [-0.15, -0.1) is 0 Å². The maximum atomic E-state index is 11.2. The lowest BCUT2D eigenvalue weighted by Crippen LogP contribution is -1.94. The van der Waals surface area contributed by atoms with E-state index in [1.165, 1.54) is 12.1 Å². The molecule has 0 bridgehead atoms. The van der Waals surface area contributed by atoms with Gasteiger partial charge in [0.1, 0.15) is 0 Å². The van der Waals surface area contributed by atoms with E-state index in [4.69, 9.17) is 5.11 Å². The van der Waals surface area contributed by atoms with Crippen LogP contribution in [0, 0.1) is 0 Å². The van der Waals surface area contributed by atoms with Crippen molar-refractivity contribution >= 4 is 5.57 Å². The van der Waals surface area contributed by atoms with E-state index in [-0.39, 0.29) is 11.2 Å². The largest absolute Gasteiger partial charge is 0.504 e. The van der Waals surface area contributed by atoms with Crippen molar-refractivity contribution in [2.45, 2.75) is 13.3 Å². The van der Waals surface area contributed by atoms with Gasteiger partial charge >= 0.3 is 0 Å². The molecule has 0 heterocycles. The predicted molar refractivity (Wildman–Crippen MR) is 53.7 cm³/mol. The Kier molecular flexibility index (Phi) is 2.85. The molecule has 0 unspecified atom stereocenters. The lowest BCUT2D eigenvalue weighted by molar-refractivity contribution is 0.471.